The second kappa shape index (κ2) is 7.58. The predicted octanol–water partition coefficient (Wildman–Crippen LogP) is 4.42. The van der Waals surface area contributed by atoms with E-state index >= 15 is 0 Å². The summed E-state index contributed by atoms with van der Waals surface area (Å²) in [5, 5.41) is 1.14. The molecular formula is C24H24BrN3O2. The number of hydrogen-bond donors (Lipinski definition) is 1. The Morgan fingerprint density at radius 1 is 1.10 bits per heavy atom. The van der Waals surface area contributed by atoms with Crippen LogP contribution in [0.2, 0.25) is 0 Å². The largest absolute Gasteiger partial charge is 0.356 e. The molecule has 1 N–H and O–H groups in total. The molecule has 3 aromatic rings. The standard InChI is InChI=1S/C24H24BrN3O2/c1-2-3-12-27-14-21(29)28-20(24(27)30)13-18-17-6-4-5-7-19(17)26-22(18)23(28)15-8-10-16(25)11-9-15/h4-11,20,23,26H,2-3,12-14H2,1H3. The number of nitrogens with one attached hydrogen (secondary N) is 1. The molecule has 3 heterocycles. The SMILES string of the molecule is CCCCN1CC(=O)N2C(Cc3c([nH]c4ccccc34)C2c2ccc(Br)cc2)C1=O. The fourth-order valence-corrected chi connectivity index (χ4v) is 5.12. The predicted molar refractivity (Wildman–Crippen MR) is 120 cm³/mol. The lowest BCUT2D eigenvalue weighted by Gasteiger charge is -2.47. The lowest BCUT2D eigenvalue weighted by atomic mass is 9.86. The number of aromatic nitrogens is 1. The first-order valence-corrected chi connectivity index (χ1v) is 11.3. The fraction of sp³-hybridized carbons (Fsp3) is 0.333. The lowest BCUT2D eigenvalue weighted by molar-refractivity contribution is -0.158. The molecule has 2 aliphatic heterocycles. The Bertz CT molecular complexity index is 1120. The van der Waals surface area contributed by atoms with E-state index in [1.165, 1.54) is 0 Å². The summed E-state index contributed by atoms with van der Waals surface area (Å²) in [5.74, 6) is 0.0917. The molecule has 1 saturated heterocycles. The van der Waals surface area contributed by atoms with Crippen molar-refractivity contribution in [1.82, 2.24) is 14.8 Å². The number of rotatable bonds is 4. The highest BCUT2D eigenvalue weighted by Gasteiger charge is 2.47. The zero-order valence-electron chi connectivity index (χ0n) is 16.9. The molecule has 154 valence electrons. The van der Waals surface area contributed by atoms with Crippen LogP contribution in [0.25, 0.3) is 10.9 Å². The van der Waals surface area contributed by atoms with Gasteiger partial charge in [0.15, 0.2) is 0 Å². The summed E-state index contributed by atoms with van der Waals surface area (Å²) in [5.41, 5.74) is 4.24. The van der Waals surface area contributed by atoms with Crippen LogP contribution in [0, 0.1) is 0 Å². The number of amides is 2. The van der Waals surface area contributed by atoms with Crippen LogP contribution in [0.1, 0.15) is 42.6 Å². The van der Waals surface area contributed by atoms with Crippen molar-refractivity contribution in [3.63, 3.8) is 0 Å². The maximum absolute atomic E-state index is 13.4. The molecule has 0 bridgehead atoms. The van der Waals surface area contributed by atoms with Crippen LogP contribution in [-0.2, 0) is 16.0 Å². The van der Waals surface area contributed by atoms with Gasteiger partial charge in [0, 0.05) is 34.0 Å². The number of para-hydroxylation sites is 1. The van der Waals surface area contributed by atoms with Crippen molar-refractivity contribution in [1.29, 1.82) is 0 Å². The Morgan fingerprint density at radius 2 is 1.87 bits per heavy atom. The minimum Gasteiger partial charge on any atom is -0.356 e. The van der Waals surface area contributed by atoms with E-state index in [0.29, 0.717) is 13.0 Å². The summed E-state index contributed by atoms with van der Waals surface area (Å²) in [6, 6.07) is 15.5. The molecule has 0 radical (unpaired) electrons. The van der Waals surface area contributed by atoms with Crippen molar-refractivity contribution in [3.05, 3.63) is 69.8 Å². The first-order valence-electron chi connectivity index (χ1n) is 10.5. The maximum Gasteiger partial charge on any atom is 0.246 e. The zero-order chi connectivity index (χ0) is 20.8. The highest BCUT2D eigenvalue weighted by molar-refractivity contribution is 9.10. The second-order valence-corrected chi connectivity index (χ2v) is 9.07. The van der Waals surface area contributed by atoms with Gasteiger partial charge in [0.1, 0.15) is 6.04 Å². The van der Waals surface area contributed by atoms with Crippen LogP contribution >= 0.6 is 15.9 Å². The van der Waals surface area contributed by atoms with Crippen LogP contribution in [0.15, 0.2) is 53.0 Å². The molecule has 5 nitrogen and oxygen atoms in total. The van der Waals surface area contributed by atoms with E-state index in [2.05, 4.69) is 40.0 Å². The molecular weight excluding hydrogens is 442 g/mol. The molecule has 30 heavy (non-hydrogen) atoms. The number of nitrogens with zero attached hydrogens (tertiary/aromatic N) is 2. The lowest BCUT2D eigenvalue weighted by Crippen LogP contribution is -2.63. The van der Waals surface area contributed by atoms with Crippen molar-refractivity contribution in [2.24, 2.45) is 0 Å². The van der Waals surface area contributed by atoms with E-state index in [4.69, 9.17) is 0 Å². The van der Waals surface area contributed by atoms with Crippen LogP contribution in [0.4, 0.5) is 0 Å². The van der Waals surface area contributed by atoms with Crippen molar-refractivity contribution >= 4 is 38.6 Å². The average molecular weight is 466 g/mol. The van der Waals surface area contributed by atoms with Gasteiger partial charge >= 0.3 is 0 Å². The van der Waals surface area contributed by atoms with Gasteiger partial charge in [0.05, 0.1) is 12.6 Å². The smallest absolute Gasteiger partial charge is 0.246 e. The number of fused-ring (bicyclic) bond motifs is 4. The molecule has 2 unspecified atom stereocenters. The zero-order valence-corrected chi connectivity index (χ0v) is 18.5. The molecule has 6 heteroatoms. The van der Waals surface area contributed by atoms with Gasteiger partial charge in [-0.15, -0.1) is 0 Å². The van der Waals surface area contributed by atoms with E-state index in [0.717, 1.165) is 45.0 Å². The number of carbonyl (C=O) groups excluding carboxylic acids is 2. The molecule has 2 aliphatic rings. The number of aromatic amines is 1. The van der Waals surface area contributed by atoms with Crippen LogP contribution in [0.3, 0.4) is 0 Å². The van der Waals surface area contributed by atoms with E-state index in [1.54, 1.807) is 4.90 Å². The Kier molecular flexibility index (Phi) is 4.89. The third-order valence-corrected chi connectivity index (χ3v) is 6.84. The van der Waals surface area contributed by atoms with Crippen LogP contribution in [-0.4, -0.2) is 45.7 Å². The van der Waals surface area contributed by atoms with Gasteiger partial charge in [-0.05, 0) is 35.7 Å². The highest BCUT2D eigenvalue weighted by Crippen LogP contribution is 2.42. The van der Waals surface area contributed by atoms with E-state index < -0.39 is 6.04 Å². The summed E-state index contributed by atoms with van der Waals surface area (Å²) in [6.07, 6.45) is 2.47. The van der Waals surface area contributed by atoms with Gasteiger partial charge in [0.25, 0.3) is 0 Å². The van der Waals surface area contributed by atoms with Crippen molar-refractivity contribution in [2.75, 3.05) is 13.1 Å². The minimum atomic E-state index is -0.455. The number of hydrogen-bond acceptors (Lipinski definition) is 2. The first kappa shape index (κ1) is 19.4. The Balaban J connectivity index is 1.66. The van der Waals surface area contributed by atoms with Crippen molar-refractivity contribution in [3.8, 4) is 0 Å². The van der Waals surface area contributed by atoms with Gasteiger partial charge in [-0.25, -0.2) is 0 Å². The average Bonchev–Trinajstić information content (AvgIpc) is 3.13. The number of piperazine rings is 1. The quantitative estimate of drug-likeness (QED) is 0.619. The molecule has 2 amide bonds. The van der Waals surface area contributed by atoms with Gasteiger partial charge in [-0.1, -0.05) is 59.6 Å². The van der Waals surface area contributed by atoms with Crippen molar-refractivity contribution in [2.45, 2.75) is 38.3 Å². The van der Waals surface area contributed by atoms with E-state index in [-0.39, 0.29) is 24.4 Å². The highest BCUT2D eigenvalue weighted by atomic mass is 79.9. The van der Waals surface area contributed by atoms with E-state index in [1.807, 2.05) is 41.3 Å². The summed E-state index contributed by atoms with van der Waals surface area (Å²) in [4.78, 5) is 33.9. The third-order valence-electron chi connectivity index (χ3n) is 6.31. The van der Waals surface area contributed by atoms with Gasteiger partial charge in [-0.2, -0.15) is 0 Å². The van der Waals surface area contributed by atoms with Crippen LogP contribution in [0.5, 0.6) is 0 Å². The summed E-state index contributed by atoms with van der Waals surface area (Å²) in [7, 11) is 0. The first-order chi connectivity index (χ1) is 14.6. The Morgan fingerprint density at radius 3 is 2.63 bits per heavy atom. The number of benzene rings is 2. The molecule has 0 saturated carbocycles. The monoisotopic (exact) mass is 465 g/mol. The molecule has 5 rings (SSSR count). The third kappa shape index (κ3) is 3.05. The maximum atomic E-state index is 13.4. The number of unbranched alkanes of at least 4 members (excludes halogenated alkanes) is 1. The summed E-state index contributed by atoms with van der Waals surface area (Å²) >= 11 is 3.50. The summed E-state index contributed by atoms with van der Waals surface area (Å²) < 4.78 is 0.988. The second-order valence-electron chi connectivity index (χ2n) is 8.15. The fourth-order valence-electron chi connectivity index (χ4n) is 4.85. The van der Waals surface area contributed by atoms with E-state index in [9.17, 15) is 9.59 Å². The van der Waals surface area contributed by atoms with Gasteiger partial charge in [-0.3, -0.25) is 9.59 Å². The number of halogens is 1. The van der Waals surface area contributed by atoms with Gasteiger partial charge < -0.3 is 14.8 Å². The normalized spacial score (nSPS) is 21.1. The molecule has 2 atom stereocenters. The Labute approximate surface area is 184 Å². The minimum absolute atomic E-state index is 0.0212. The molecule has 2 aromatic carbocycles. The van der Waals surface area contributed by atoms with Crippen molar-refractivity contribution < 1.29 is 9.59 Å². The molecule has 0 aliphatic carbocycles. The number of H-pyrrole nitrogens is 1. The molecule has 1 aromatic heterocycles. The summed E-state index contributed by atoms with van der Waals surface area (Å²) in [6.45, 7) is 2.91. The molecule has 1 fully saturated rings. The number of carbonyl (C=O) groups is 2. The van der Waals surface area contributed by atoms with Gasteiger partial charge in [0.2, 0.25) is 11.8 Å². The topological polar surface area (TPSA) is 56.4 Å². The molecule has 0 spiro atoms. The van der Waals surface area contributed by atoms with Crippen LogP contribution < -0.4 is 0 Å². The Hall–Kier alpha value is -2.60.